The molecule has 1 aromatic heterocycles. The number of hydrogen-bond donors (Lipinski definition) is 2. The van der Waals surface area contributed by atoms with Crippen molar-refractivity contribution in [2.45, 2.75) is 44.1 Å². The number of nitrogens with zero attached hydrogens (tertiary/aromatic N) is 3. The summed E-state index contributed by atoms with van der Waals surface area (Å²) in [4.78, 5) is 11.2. The number of nitrogens with one attached hydrogen (secondary N) is 2. The molecule has 1 aliphatic heterocycles. The van der Waals surface area contributed by atoms with Crippen molar-refractivity contribution in [1.82, 2.24) is 20.5 Å². The molecule has 7 heteroatoms. The number of guanidine groups is 1. The molecule has 0 bridgehead atoms. The fourth-order valence-corrected chi connectivity index (χ4v) is 4.19. The van der Waals surface area contributed by atoms with Crippen LogP contribution in [0.2, 0.25) is 0 Å². The Bertz CT molecular complexity index is 557. The number of morpholine rings is 1. The van der Waals surface area contributed by atoms with Gasteiger partial charge in [0.2, 0.25) is 0 Å². The summed E-state index contributed by atoms with van der Waals surface area (Å²) in [6.45, 7) is 5.64. The van der Waals surface area contributed by atoms with Gasteiger partial charge >= 0.3 is 0 Å². The maximum absolute atomic E-state index is 5.57. The highest BCUT2D eigenvalue weighted by molar-refractivity contribution is 14.0. The predicted octanol–water partition coefficient (Wildman–Crippen LogP) is 2.44. The fourth-order valence-electron chi connectivity index (χ4n) is 4.19. The van der Waals surface area contributed by atoms with Crippen LogP contribution < -0.4 is 10.6 Å². The van der Waals surface area contributed by atoms with Gasteiger partial charge in [-0.1, -0.05) is 25.3 Å². The van der Waals surface area contributed by atoms with Crippen molar-refractivity contribution >= 4 is 29.9 Å². The Morgan fingerprint density at radius 1 is 1.22 bits per heavy atom. The van der Waals surface area contributed by atoms with E-state index in [9.17, 15) is 0 Å². The van der Waals surface area contributed by atoms with Gasteiger partial charge in [-0.25, -0.2) is 0 Å². The molecule has 27 heavy (non-hydrogen) atoms. The third-order valence-corrected chi connectivity index (χ3v) is 5.70. The van der Waals surface area contributed by atoms with Gasteiger partial charge in [0.05, 0.1) is 13.2 Å². The zero-order valence-electron chi connectivity index (χ0n) is 16.5. The first-order chi connectivity index (χ1) is 12.8. The van der Waals surface area contributed by atoms with Crippen molar-refractivity contribution in [3.05, 3.63) is 30.1 Å². The van der Waals surface area contributed by atoms with E-state index in [1.165, 1.54) is 37.7 Å². The zero-order valence-corrected chi connectivity index (χ0v) is 18.8. The number of rotatable bonds is 6. The molecular formula is C20H34IN5O. The second-order valence-corrected chi connectivity index (χ2v) is 7.35. The topological polar surface area (TPSA) is 61.8 Å². The molecule has 1 aliphatic carbocycles. The second kappa shape index (κ2) is 11.8. The van der Waals surface area contributed by atoms with Gasteiger partial charge in [-0.3, -0.25) is 14.9 Å². The lowest BCUT2D eigenvalue weighted by Gasteiger charge is -2.48. The molecule has 0 unspecified atom stereocenters. The molecule has 2 aliphatic rings. The van der Waals surface area contributed by atoms with Gasteiger partial charge in [-0.05, 0) is 30.9 Å². The highest BCUT2D eigenvalue weighted by Crippen LogP contribution is 2.33. The van der Waals surface area contributed by atoms with E-state index in [1.54, 1.807) is 0 Å². The van der Waals surface area contributed by atoms with E-state index in [0.29, 0.717) is 0 Å². The summed E-state index contributed by atoms with van der Waals surface area (Å²) < 4.78 is 5.57. The van der Waals surface area contributed by atoms with Crippen LogP contribution in [-0.4, -0.2) is 67.8 Å². The van der Waals surface area contributed by atoms with Gasteiger partial charge in [0.15, 0.2) is 5.96 Å². The summed E-state index contributed by atoms with van der Waals surface area (Å²) in [5.41, 5.74) is 1.50. The second-order valence-electron chi connectivity index (χ2n) is 7.35. The van der Waals surface area contributed by atoms with Crippen LogP contribution in [0, 0.1) is 0 Å². The maximum atomic E-state index is 5.57. The minimum absolute atomic E-state index is 0. The summed E-state index contributed by atoms with van der Waals surface area (Å²) in [6.07, 6.45) is 11.2. The molecule has 1 saturated carbocycles. The third kappa shape index (κ3) is 6.57. The average molecular weight is 487 g/mol. The smallest absolute Gasteiger partial charge is 0.191 e. The van der Waals surface area contributed by atoms with Crippen LogP contribution in [0.1, 0.15) is 37.7 Å². The molecule has 0 aromatic carbocycles. The number of aromatic nitrogens is 1. The Morgan fingerprint density at radius 3 is 2.67 bits per heavy atom. The van der Waals surface area contributed by atoms with Gasteiger partial charge in [0.1, 0.15) is 0 Å². The lowest BCUT2D eigenvalue weighted by molar-refractivity contribution is -0.0352. The van der Waals surface area contributed by atoms with Crippen molar-refractivity contribution in [2.75, 3.05) is 46.4 Å². The fraction of sp³-hybridized carbons (Fsp3) is 0.700. The molecule has 2 N–H and O–H groups in total. The standard InChI is InChI=1S/C20H33N5O.HI/c1-21-19(23-11-7-18-6-5-10-22-16-18)24-17-20(8-3-2-4-9-20)25-12-14-26-15-13-25;/h5-6,10,16H,2-4,7-9,11-15,17H2,1H3,(H2,21,23,24);1H. The number of aliphatic imine (C=N–C) groups is 1. The summed E-state index contributed by atoms with van der Waals surface area (Å²) in [7, 11) is 1.85. The normalized spacial score (nSPS) is 20.6. The molecule has 2 fully saturated rings. The molecule has 1 aromatic rings. The molecule has 6 nitrogen and oxygen atoms in total. The largest absolute Gasteiger partial charge is 0.379 e. The van der Waals surface area contributed by atoms with Gasteiger partial charge in [-0.15, -0.1) is 24.0 Å². The minimum atomic E-state index is 0. The summed E-state index contributed by atoms with van der Waals surface area (Å²) >= 11 is 0. The van der Waals surface area contributed by atoms with Crippen LogP contribution in [0.5, 0.6) is 0 Å². The van der Waals surface area contributed by atoms with E-state index >= 15 is 0 Å². The Hall–Kier alpha value is -0.930. The van der Waals surface area contributed by atoms with E-state index in [-0.39, 0.29) is 29.5 Å². The first kappa shape index (κ1) is 22.4. The molecule has 0 amide bonds. The highest BCUT2D eigenvalue weighted by atomic mass is 127. The van der Waals surface area contributed by atoms with Gasteiger partial charge in [0.25, 0.3) is 0 Å². The van der Waals surface area contributed by atoms with Crippen molar-refractivity contribution in [2.24, 2.45) is 4.99 Å². The molecule has 152 valence electrons. The van der Waals surface area contributed by atoms with E-state index in [1.807, 2.05) is 25.5 Å². The molecule has 1 saturated heterocycles. The van der Waals surface area contributed by atoms with Crippen LogP contribution >= 0.6 is 24.0 Å². The molecule has 0 atom stereocenters. The quantitative estimate of drug-likeness (QED) is 0.367. The Kier molecular flexibility index (Phi) is 9.78. The van der Waals surface area contributed by atoms with Crippen molar-refractivity contribution in [1.29, 1.82) is 0 Å². The van der Waals surface area contributed by atoms with E-state index in [4.69, 9.17) is 4.74 Å². The third-order valence-electron chi connectivity index (χ3n) is 5.70. The molecule has 0 spiro atoms. The number of pyridine rings is 1. The van der Waals surface area contributed by atoms with Crippen LogP contribution in [-0.2, 0) is 11.2 Å². The molecular weight excluding hydrogens is 453 g/mol. The lowest BCUT2D eigenvalue weighted by atomic mass is 9.80. The summed E-state index contributed by atoms with van der Waals surface area (Å²) in [5, 5.41) is 7.05. The number of halogens is 1. The summed E-state index contributed by atoms with van der Waals surface area (Å²) in [6, 6.07) is 4.10. The Balaban J connectivity index is 0.00000261. The van der Waals surface area contributed by atoms with Crippen LogP contribution in [0.15, 0.2) is 29.5 Å². The molecule has 3 rings (SSSR count). The van der Waals surface area contributed by atoms with Gasteiger partial charge in [-0.2, -0.15) is 0 Å². The Morgan fingerprint density at radius 2 is 2.00 bits per heavy atom. The maximum Gasteiger partial charge on any atom is 0.191 e. The van der Waals surface area contributed by atoms with Crippen LogP contribution in [0.25, 0.3) is 0 Å². The van der Waals surface area contributed by atoms with Gasteiger partial charge in [0, 0.05) is 51.2 Å². The monoisotopic (exact) mass is 487 g/mol. The van der Waals surface area contributed by atoms with E-state index in [2.05, 4.69) is 31.6 Å². The van der Waals surface area contributed by atoms with Crippen molar-refractivity contribution in [3.8, 4) is 0 Å². The predicted molar refractivity (Wildman–Crippen MR) is 121 cm³/mol. The SMILES string of the molecule is CN=C(NCCc1cccnc1)NCC1(N2CCOCC2)CCCCC1.I. The minimum Gasteiger partial charge on any atom is -0.379 e. The molecule has 2 heterocycles. The van der Waals surface area contributed by atoms with E-state index < -0.39 is 0 Å². The number of ether oxygens (including phenoxy) is 1. The summed E-state index contributed by atoms with van der Waals surface area (Å²) in [5.74, 6) is 0.895. The Labute approximate surface area is 180 Å². The van der Waals surface area contributed by atoms with Crippen LogP contribution in [0.3, 0.4) is 0 Å². The van der Waals surface area contributed by atoms with Crippen LogP contribution in [0.4, 0.5) is 0 Å². The van der Waals surface area contributed by atoms with Crippen molar-refractivity contribution < 1.29 is 4.74 Å². The van der Waals surface area contributed by atoms with E-state index in [0.717, 1.165) is 51.8 Å². The zero-order chi connectivity index (χ0) is 18.1. The average Bonchev–Trinajstić information content (AvgIpc) is 2.72. The first-order valence-corrected chi connectivity index (χ1v) is 9.99. The van der Waals surface area contributed by atoms with Gasteiger partial charge < -0.3 is 15.4 Å². The first-order valence-electron chi connectivity index (χ1n) is 9.99. The lowest BCUT2D eigenvalue weighted by Crippen LogP contribution is -2.60. The highest BCUT2D eigenvalue weighted by Gasteiger charge is 2.38. The number of hydrogen-bond acceptors (Lipinski definition) is 4. The molecule has 0 radical (unpaired) electrons. The van der Waals surface area contributed by atoms with Crippen molar-refractivity contribution in [3.63, 3.8) is 0 Å².